The Morgan fingerprint density at radius 3 is 1.86 bits per heavy atom. The molecule has 0 spiro atoms. The molecule has 0 atom stereocenters. The zero-order valence-electron chi connectivity index (χ0n) is 14.0. The summed E-state index contributed by atoms with van der Waals surface area (Å²) in [5.41, 5.74) is 0.593. The molecule has 0 saturated heterocycles. The fraction of sp³-hybridized carbons (Fsp3) is 0.364. The smallest absolute Gasteiger partial charge is 0.321 e. The summed E-state index contributed by atoms with van der Waals surface area (Å²) >= 11 is 30.0. The van der Waals surface area contributed by atoms with E-state index in [2.05, 4.69) is 28.9 Å². The van der Waals surface area contributed by atoms with Crippen molar-refractivity contribution in [2.24, 2.45) is 0 Å². The van der Waals surface area contributed by atoms with Gasteiger partial charge in [0.25, 0.3) is 0 Å². The van der Waals surface area contributed by atoms with Gasteiger partial charge in [-0.1, -0.05) is 52.5 Å². The molecule has 2 amide bonds. The van der Waals surface area contributed by atoms with Crippen molar-refractivity contribution in [2.75, 3.05) is 18.4 Å². The molecule has 0 aliphatic heterocycles. The van der Waals surface area contributed by atoms with Crippen LogP contribution in [0.4, 0.5) is 10.5 Å². The van der Waals surface area contributed by atoms with Gasteiger partial charge >= 0.3 is 19.5 Å². The van der Waals surface area contributed by atoms with E-state index in [0.717, 1.165) is 0 Å². The average molecular weight is 558 g/mol. The van der Waals surface area contributed by atoms with Crippen molar-refractivity contribution in [3.05, 3.63) is 29.3 Å². The van der Waals surface area contributed by atoms with Crippen molar-refractivity contribution >= 4 is 95.2 Å². The molecule has 0 bridgehead atoms. The van der Waals surface area contributed by atoms with Crippen LogP contribution >= 0.6 is 59.8 Å². The number of alkyl halides is 3. The van der Waals surface area contributed by atoms with E-state index < -0.39 is 17.2 Å². The van der Waals surface area contributed by atoms with Crippen LogP contribution in [0.2, 0.25) is 5.02 Å². The van der Waals surface area contributed by atoms with Crippen LogP contribution in [0.3, 0.4) is 0 Å². The SMILES string of the molecule is CCN(CC(Cl)(Cl)Cl)C(=O)Nc1cccc(Cl)c1.OP(O)(O)=S.OP(O)(O)=S. The highest BCUT2D eigenvalue weighted by atomic mass is 35.6. The van der Waals surface area contributed by atoms with Gasteiger partial charge in [0.15, 0.2) is 0 Å². The lowest BCUT2D eigenvalue weighted by Crippen LogP contribution is -2.40. The maximum Gasteiger partial charge on any atom is 0.321 e. The molecule has 0 radical (unpaired) electrons. The summed E-state index contributed by atoms with van der Waals surface area (Å²) < 4.78 is -1.50. The van der Waals surface area contributed by atoms with E-state index in [-0.39, 0.29) is 12.6 Å². The second-order valence-electron chi connectivity index (χ2n) is 4.60. The molecule has 17 heteroatoms. The van der Waals surface area contributed by atoms with E-state index in [1.54, 1.807) is 31.2 Å². The molecular weight excluding hydrogens is 540 g/mol. The molecule has 0 fully saturated rings. The standard InChI is InChI=1S/C11H12Cl4N2O.2H3O3PS/c1-2-17(7-11(13,14)15)10(18)16-9-5-3-4-8(12)6-9;2*1-4(2,3)5/h3-6H,2,7H2,1H3,(H,16,18);2*(H3,1,2,3,5). The molecule has 9 nitrogen and oxygen atoms in total. The number of amides is 2. The molecule has 7 N–H and O–H groups in total. The highest BCUT2D eigenvalue weighted by Gasteiger charge is 2.26. The summed E-state index contributed by atoms with van der Waals surface area (Å²) in [4.78, 5) is 58.7. The van der Waals surface area contributed by atoms with E-state index >= 15 is 0 Å². The highest BCUT2D eigenvalue weighted by molar-refractivity contribution is 8.06. The Morgan fingerprint density at radius 1 is 1.11 bits per heavy atom. The topological polar surface area (TPSA) is 154 Å². The van der Waals surface area contributed by atoms with Crippen LogP contribution in [-0.2, 0) is 23.6 Å². The predicted octanol–water partition coefficient (Wildman–Crippen LogP) is 2.94. The van der Waals surface area contributed by atoms with Crippen molar-refractivity contribution in [2.45, 2.75) is 10.7 Å². The Bertz CT molecular complexity index is 678. The van der Waals surface area contributed by atoms with E-state index in [4.69, 9.17) is 75.8 Å². The number of hydrogen-bond acceptors (Lipinski definition) is 3. The second kappa shape index (κ2) is 13.9. The number of rotatable bonds is 3. The number of benzene rings is 1. The van der Waals surface area contributed by atoms with Crippen LogP contribution in [0.5, 0.6) is 0 Å². The highest BCUT2D eigenvalue weighted by Crippen LogP contribution is 2.28. The number of hydrogen-bond donors (Lipinski definition) is 7. The zero-order valence-corrected chi connectivity index (χ0v) is 20.4. The number of urea groups is 1. The molecule has 0 unspecified atom stereocenters. The van der Waals surface area contributed by atoms with Crippen LogP contribution in [-0.4, -0.2) is 57.2 Å². The number of anilines is 1. The largest absolute Gasteiger partial charge is 0.325 e. The van der Waals surface area contributed by atoms with Gasteiger partial charge in [-0.05, 0) is 48.7 Å². The van der Waals surface area contributed by atoms with Crippen LogP contribution in [0, 0.1) is 0 Å². The molecule has 1 aromatic rings. The maximum atomic E-state index is 11.9. The molecule has 0 aliphatic rings. The van der Waals surface area contributed by atoms with Gasteiger partial charge < -0.3 is 39.6 Å². The number of nitrogens with zero attached hydrogens (tertiary/aromatic N) is 1. The third-order valence-corrected chi connectivity index (χ3v) is 2.71. The van der Waals surface area contributed by atoms with Crippen molar-refractivity contribution in [3.63, 3.8) is 0 Å². The van der Waals surface area contributed by atoms with E-state index in [1.165, 1.54) is 4.90 Å². The molecule has 0 aromatic heterocycles. The molecule has 0 heterocycles. The van der Waals surface area contributed by atoms with E-state index in [1.807, 2.05) is 0 Å². The monoisotopic (exact) mass is 556 g/mol. The second-order valence-corrected chi connectivity index (χ2v) is 12.5. The fourth-order valence-corrected chi connectivity index (χ4v) is 1.94. The third-order valence-electron chi connectivity index (χ3n) is 2.11. The molecule has 0 aliphatic carbocycles. The van der Waals surface area contributed by atoms with Gasteiger partial charge in [0, 0.05) is 17.3 Å². The minimum absolute atomic E-state index is 0.0145. The summed E-state index contributed by atoms with van der Waals surface area (Å²) in [7, 11) is 0. The van der Waals surface area contributed by atoms with Gasteiger partial charge in [0.05, 0.1) is 6.54 Å². The number of halogens is 4. The van der Waals surface area contributed by atoms with E-state index in [9.17, 15) is 4.79 Å². The predicted molar refractivity (Wildman–Crippen MR) is 120 cm³/mol. The molecule has 1 rings (SSSR count). The Kier molecular flexibility index (Phi) is 15.3. The summed E-state index contributed by atoms with van der Waals surface area (Å²) in [5.74, 6) is 0. The maximum absolute atomic E-state index is 11.9. The lowest BCUT2D eigenvalue weighted by molar-refractivity contribution is 0.215. The van der Waals surface area contributed by atoms with Crippen molar-refractivity contribution in [1.82, 2.24) is 4.90 Å². The first-order valence-corrected chi connectivity index (χ1v) is 13.6. The summed E-state index contributed by atoms with van der Waals surface area (Å²) in [5, 5.41) is 3.22. The van der Waals surface area contributed by atoms with Crippen molar-refractivity contribution in [1.29, 1.82) is 0 Å². The Labute approximate surface area is 191 Å². The fourth-order valence-electron chi connectivity index (χ4n) is 1.31. The number of nitrogens with one attached hydrogen (secondary N) is 1. The summed E-state index contributed by atoms with van der Waals surface area (Å²) in [6.07, 6.45) is 0. The molecule has 28 heavy (non-hydrogen) atoms. The van der Waals surface area contributed by atoms with Crippen molar-refractivity contribution in [3.8, 4) is 0 Å². The minimum Gasteiger partial charge on any atom is -0.325 e. The Balaban J connectivity index is 0. The average Bonchev–Trinajstić information content (AvgIpc) is 2.40. The lowest BCUT2D eigenvalue weighted by atomic mass is 10.3. The third kappa shape index (κ3) is 26.7. The summed E-state index contributed by atoms with van der Waals surface area (Å²) in [6.45, 7) is -5.37. The quantitative estimate of drug-likeness (QED) is 0.219. The van der Waals surface area contributed by atoms with Crippen LogP contribution in [0.1, 0.15) is 6.92 Å². The first-order valence-electron chi connectivity index (χ1n) is 6.76. The van der Waals surface area contributed by atoms with E-state index in [0.29, 0.717) is 17.3 Å². The Hall–Kier alpha value is 0.710. The van der Waals surface area contributed by atoms with Crippen LogP contribution < -0.4 is 5.32 Å². The lowest BCUT2D eigenvalue weighted by Gasteiger charge is -2.25. The first kappa shape index (κ1) is 30.9. The normalized spacial score (nSPS) is 11.4. The number of carbonyl (C=O) groups is 1. The molecule has 0 saturated carbocycles. The van der Waals surface area contributed by atoms with Crippen LogP contribution in [0.15, 0.2) is 24.3 Å². The van der Waals surface area contributed by atoms with Gasteiger partial charge in [-0.15, -0.1) is 0 Å². The summed E-state index contributed by atoms with van der Waals surface area (Å²) in [6, 6.07) is 6.49. The number of carbonyl (C=O) groups excluding carboxylic acids is 1. The minimum atomic E-state index is -3.81. The van der Waals surface area contributed by atoms with Crippen LogP contribution in [0.25, 0.3) is 0 Å². The first-order chi connectivity index (χ1) is 12.3. The van der Waals surface area contributed by atoms with Gasteiger partial charge in [-0.2, -0.15) is 0 Å². The Morgan fingerprint density at radius 2 is 1.54 bits per heavy atom. The molecular formula is C11H18Cl4N2O7P2S2. The molecule has 1 aromatic carbocycles. The zero-order chi connectivity index (χ0) is 22.8. The van der Waals surface area contributed by atoms with Gasteiger partial charge in [0.2, 0.25) is 3.79 Å². The van der Waals surface area contributed by atoms with Gasteiger partial charge in [-0.25, -0.2) is 4.79 Å². The van der Waals surface area contributed by atoms with Gasteiger partial charge in [0.1, 0.15) is 0 Å². The molecule has 164 valence electrons. The van der Waals surface area contributed by atoms with Gasteiger partial charge in [-0.3, -0.25) is 0 Å². The van der Waals surface area contributed by atoms with Crippen molar-refractivity contribution < 1.29 is 34.2 Å².